The first-order valence-electron chi connectivity index (χ1n) is 12.6. The summed E-state index contributed by atoms with van der Waals surface area (Å²) in [5, 5.41) is 12.4. The molecule has 3 rings (SSSR count). The molecule has 0 aliphatic heterocycles. The van der Waals surface area contributed by atoms with Crippen molar-refractivity contribution in [2.45, 2.75) is 12.8 Å². The molecule has 3 aromatic carbocycles. The van der Waals surface area contributed by atoms with Crippen LogP contribution in [0.15, 0.2) is 78.0 Å². The number of aliphatic hydroxyl groups is 1. The van der Waals surface area contributed by atoms with Gasteiger partial charge in [0.1, 0.15) is 0 Å². The molecule has 0 heterocycles. The lowest BCUT2D eigenvalue weighted by atomic mass is 9.85. The monoisotopic (exact) mass is 489 g/mol. The molecule has 3 aromatic rings. The number of benzene rings is 3. The fraction of sp³-hybridized carbons (Fsp3) is 0.379. The Bertz CT molecular complexity index is 1050. The topological polar surface area (TPSA) is 85.4 Å². The van der Waals surface area contributed by atoms with E-state index in [-0.39, 0.29) is 19.1 Å². The van der Waals surface area contributed by atoms with Gasteiger partial charge in [-0.25, -0.2) is 0 Å². The third-order valence-corrected chi connectivity index (χ3v) is 6.54. The highest BCUT2D eigenvalue weighted by atomic mass is 16.3. The van der Waals surface area contributed by atoms with Crippen LogP contribution in [0, 0.1) is 4.91 Å². The van der Waals surface area contributed by atoms with Gasteiger partial charge < -0.3 is 25.5 Å². The minimum atomic E-state index is 0.0206. The summed E-state index contributed by atoms with van der Waals surface area (Å²) in [6, 6.07) is 25.9. The second kappa shape index (κ2) is 13.6. The van der Waals surface area contributed by atoms with Crippen molar-refractivity contribution in [2.75, 3.05) is 74.7 Å². The molecule has 0 saturated heterocycles. The zero-order chi connectivity index (χ0) is 25.9. The van der Waals surface area contributed by atoms with E-state index in [1.807, 2.05) is 19.0 Å². The Labute approximate surface area is 215 Å². The van der Waals surface area contributed by atoms with Gasteiger partial charge in [-0.3, -0.25) is 0 Å². The maximum absolute atomic E-state index is 10.6. The van der Waals surface area contributed by atoms with Gasteiger partial charge in [-0.15, -0.1) is 0 Å². The van der Waals surface area contributed by atoms with Gasteiger partial charge in [-0.2, -0.15) is 4.91 Å². The summed E-state index contributed by atoms with van der Waals surface area (Å²) in [7, 11) is 4.09. The summed E-state index contributed by atoms with van der Waals surface area (Å²) in [4.78, 5) is 17.0. The molecule has 0 amide bonds. The number of nitroso groups, excluding NO2 is 1. The van der Waals surface area contributed by atoms with Crippen LogP contribution in [0.3, 0.4) is 0 Å². The summed E-state index contributed by atoms with van der Waals surface area (Å²) >= 11 is 0. The molecule has 0 aromatic heterocycles. The summed E-state index contributed by atoms with van der Waals surface area (Å²) in [6.07, 6.45) is 0. The molecule has 0 fully saturated rings. The van der Waals surface area contributed by atoms with E-state index in [0.717, 1.165) is 24.5 Å². The van der Waals surface area contributed by atoms with Crippen LogP contribution in [0.25, 0.3) is 0 Å². The maximum atomic E-state index is 10.6. The van der Waals surface area contributed by atoms with E-state index in [1.165, 1.54) is 22.4 Å². The summed E-state index contributed by atoms with van der Waals surface area (Å²) < 4.78 is 0. The van der Waals surface area contributed by atoms with Crippen molar-refractivity contribution in [3.8, 4) is 0 Å². The van der Waals surface area contributed by atoms with Gasteiger partial charge >= 0.3 is 0 Å². The van der Waals surface area contributed by atoms with Gasteiger partial charge in [0.05, 0.1) is 13.2 Å². The predicted molar refractivity (Wildman–Crippen MR) is 152 cm³/mol. The van der Waals surface area contributed by atoms with Crippen molar-refractivity contribution >= 4 is 17.1 Å². The highest BCUT2D eigenvalue weighted by molar-refractivity contribution is 5.56. The third-order valence-electron chi connectivity index (χ3n) is 6.54. The quantitative estimate of drug-likeness (QED) is 0.260. The molecule has 192 valence electrons. The van der Waals surface area contributed by atoms with Crippen LogP contribution >= 0.6 is 0 Å². The number of likely N-dealkylation sites (N-methyl/N-ethyl adjacent to an activating group) is 1. The zero-order valence-corrected chi connectivity index (χ0v) is 21.7. The molecule has 0 aliphatic rings. The smallest absolute Gasteiger partial charge is 0.0986 e. The molecule has 0 bridgehead atoms. The van der Waals surface area contributed by atoms with E-state index in [4.69, 9.17) is 5.73 Å². The van der Waals surface area contributed by atoms with E-state index in [1.54, 1.807) is 0 Å². The number of nitrogens with zero attached hydrogens (tertiary/aromatic N) is 4. The molecule has 1 unspecified atom stereocenters. The summed E-state index contributed by atoms with van der Waals surface area (Å²) in [6.45, 7) is 5.67. The van der Waals surface area contributed by atoms with E-state index in [2.05, 4.69) is 94.7 Å². The van der Waals surface area contributed by atoms with Crippen LogP contribution < -0.4 is 20.4 Å². The van der Waals surface area contributed by atoms with Crippen LogP contribution in [-0.4, -0.2) is 65.1 Å². The SMILES string of the molecule is CCN(CCN)c1ccc(C(c2ccc(N(C)C)cc2)c2ccc(N(CCO)CCN=O)cc2)cc1. The minimum absolute atomic E-state index is 0.0206. The van der Waals surface area contributed by atoms with Gasteiger partial charge in [0.2, 0.25) is 0 Å². The average molecular weight is 490 g/mol. The van der Waals surface area contributed by atoms with Crippen molar-refractivity contribution in [3.05, 3.63) is 94.4 Å². The van der Waals surface area contributed by atoms with Crippen LogP contribution in [0.5, 0.6) is 0 Å². The van der Waals surface area contributed by atoms with Gasteiger partial charge in [0.25, 0.3) is 0 Å². The molecule has 0 spiro atoms. The molecule has 36 heavy (non-hydrogen) atoms. The van der Waals surface area contributed by atoms with Gasteiger partial charge in [-0.1, -0.05) is 41.6 Å². The molecular formula is C29H39N5O2. The molecule has 3 N–H and O–H groups in total. The lowest BCUT2D eigenvalue weighted by Gasteiger charge is -2.26. The van der Waals surface area contributed by atoms with Crippen molar-refractivity contribution < 1.29 is 5.11 Å². The lowest BCUT2D eigenvalue weighted by molar-refractivity contribution is 0.302. The normalized spacial score (nSPS) is 11.7. The molecule has 7 heteroatoms. The molecule has 1 atom stereocenters. The lowest BCUT2D eigenvalue weighted by Crippen LogP contribution is -2.29. The van der Waals surface area contributed by atoms with Crippen molar-refractivity contribution in [1.29, 1.82) is 0 Å². The number of aliphatic hydroxyl groups excluding tert-OH is 1. The van der Waals surface area contributed by atoms with Crippen LogP contribution in [0.4, 0.5) is 17.1 Å². The van der Waals surface area contributed by atoms with Gasteiger partial charge in [0, 0.05) is 69.8 Å². The standard InChI is InChI=1S/C29H39N5O2/c1-4-33(19-17-30)27-13-7-24(8-14-27)29(23-5-11-26(12-6-23)32(2)3)25-9-15-28(16-10-25)34(21-22-35)20-18-31-36/h5-16,29,35H,4,17-22,30H2,1-3H3. The molecule has 7 nitrogen and oxygen atoms in total. The fourth-order valence-electron chi connectivity index (χ4n) is 4.58. The van der Waals surface area contributed by atoms with E-state index in [0.29, 0.717) is 19.6 Å². The van der Waals surface area contributed by atoms with Crippen LogP contribution in [-0.2, 0) is 0 Å². The van der Waals surface area contributed by atoms with Gasteiger partial charge in [-0.05, 0) is 60.0 Å². The first kappa shape index (κ1) is 27.2. The Morgan fingerprint density at radius 1 is 0.750 bits per heavy atom. The van der Waals surface area contributed by atoms with E-state index in [9.17, 15) is 10.0 Å². The number of rotatable bonds is 14. The highest BCUT2D eigenvalue weighted by Gasteiger charge is 2.18. The number of hydrogen-bond donors (Lipinski definition) is 2. The Balaban J connectivity index is 1.98. The first-order valence-corrected chi connectivity index (χ1v) is 12.6. The number of nitrogens with two attached hydrogens (primary N) is 1. The minimum Gasteiger partial charge on any atom is -0.395 e. The molecular weight excluding hydrogens is 450 g/mol. The second-order valence-corrected chi connectivity index (χ2v) is 9.03. The Kier molecular flexibility index (Phi) is 10.3. The summed E-state index contributed by atoms with van der Waals surface area (Å²) in [5.74, 6) is 0.0665. The van der Waals surface area contributed by atoms with Crippen molar-refractivity contribution in [1.82, 2.24) is 0 Å². The maximum Gasteiger partial charge on any atom is 0.0986 e. The number of anilines is 3. The average Bonchev–Trinajstić information content (AvgIpc) is 2.91. The molecule has 0 radical (unpaired) electrons. The largest absolute Gasteiger partial charge is 0.395 e. The Morgan fingerprint density at radius 2 is 1.22 bits per heavy atom. The fourth-order valence-corrected chi connectivity index (χ4v) is 4.58. The zero-order valence-electron chi connectivity index (χ0n) is 21.7. The predicted octanol–water partition coefficient (Wildman–Crippen LogP) is 4.28. The summed E-state index contributed by atoms with van der Waals surface area (Å²) in [5.41, 5.74) is 12.7. The molecule has 0 saturated carbocycles. The van der Waals surface area contributed by atoms with Gasteiger partial charge in [0.15, 0.2) is 0 Å². The Morgan fingerprint density at radius 3 is 1.61 bits per heavy atom. The first-order chi connectivity index (χ1) is 17.5. The van der Waals surface area contributed by atoms with Crippen LogP contribution in [0.2, 0.25) is 0 Å². The van der Waals surface area contributed by atoms with Crippen molar-refractivity contribution in [2.24, 2.45) is 10.9 Å². The van der Waals surface area contributed by atoms with E-state index < -0.39 is 0 Å². The Hall–Kier alpha value is -3.42. The molecule has 0 aliphatic carbocycles. The van der Waals surface area contributed by atoms with E-state index >= 15 is 0 Å². The van der Waals surface area contributed by atoms with Crippen molar-refractivity contribution in [3.63, 3.8) is 0 Å². The second-order valence-electron chi connectivity index (χ2n) is 9.03. The third kappa shape index (κ3) is 6.83. The highest BCUT2D eigenvalue weighted by Crippen LogP contribution is 2.35. The van der Waals surface area contributed by atoms with Crippen LogP contribution in [0.1, 0.15) is 29.5 Å². The number of hydrogen-bond acceptors (Lipinski definition) is 7.